The second-order valence-electron chi connectivity index (χ2n) is 6.74. The summed E-state index contributed by atoms with van der Waals surface area (Å²) < 4.78 is 0. The maximum Gasteiger partial charge on any atom is 0.222 e. The zero-order chi connectivity index (χ0) is 15.1. The quantitative estimate of drug-likeness (QED) is 0.641. The van der Waals surface area contributed by atoms with E-state index in [1.807, 2.05) is 0 Å². The first kappa shape index (κ1) is 16.7. The van der Waals surface area contributed by atoms with Crippen LogP contribution in [0, 0.1) is 0 Å². The Balaban J connectivity index is 1.55. The van der Waals surface area contributed by atoms with Crippen molar-refractivity contribution in [3.05, 3.63) is 0 Å². The molecule has 3 N–H and O–H groups in total. The fourth-order valence-corrected chi connectivity index (χ4v) is 3.42. The first-order valence-electron chi connectivity index (χ1n) is 8.47. The number of amides is 1. The molecule has 1 heterocycles. The molecular formula is C16H30N2O3. The van der Waals surface area contributed by atoms with Crippen molar-refractivity contribution < 1.29 is 15.0 Å². The highest BCUT2D eigenvalue weighted by Gasteiger charge is 2.31. The molecule has 21 heavy (non-hydrogen) atoms. The molecule has 2 fully saturated rings. The molecule has 2 rings (SSSR count). The minimum absolute atomic E-state index is 0.0199. The molecule has 5 heteroatoms. The molecule has 0 aromatic rings. The Labute approximate surface area is 127 Å². The van der Waals surface area contributed by atoms with Gasteiger partial charge in [0.25, 0.3) is 0 Å². The van der Waals surface area contributed by atoms with Gasteiger partial charge in [-0.05, 0) is 38.6 Å². The molecule has 0 atom stereocenters. The lowest BCUT2D eigenvalue weighted by Gasteiger charge is -2.31. The van der Waals surface area contributed by atoms with Gasteiger partial charge in [-0.2, -0.15) is 0 Å². The van der Waals surface area contributed by atoms with Crippen molar-refractivity contribution in [2.45, 2.75) is 69.5 Å². The van der Waals surface area contributed by atoms with Gasteiger partial charge in [-0.15, -0.1) is 0 Å². The highest BCUT2D eigenvalue weighted by molar-refractivity contribution is 5.76. The summed E-state index contributed by atoms with van der Waals surface area (Å²) in [5.74, 6) is -0.0199. The third-order valence-electron chi connectivity index (χ3n) is 4.80. The Morgan fingerprint density at radius 2 is 1.86 bits per heavy atom. The summed E-state index contributed by atoms with van der Waals surface area (Å²) in [6.07, 6.45) is 7.54. The summed E-state index contributed by atoms with van der Waals surface area (Å²) in [5.41, 5.74) is -0.759. The van der Waals surface area contributed by atoms with Crippen LogP contribution in [0.1, 0.15) is 57.8 Å². The van der Waals surface area contributed by atoms with Gasteiger partial charge in [-0.3, -0.25) is 4.79 Å². The number of carbonyl (C=O) groups excluding carboxylic acids is 1. The van der Waals surface area contributed by atoms with Crippen molar-refractivity contribution in [2.75, 3.05) is 26.2 Å². The standard InChI is InChI=1S/C16H30N2O3/c19-14-5-11-18(12-6-14)10-4-9-17-15(20)13-16(21)7-2-1-3-8-16/h14,19,21H,1-13H2,(H,17,20). The second kappa shape index (κ2) is 8.11. The van der Waals surface area contributed by atoms with Gasteiger partial charge in [0.2, 0.25) is 5.91 Å². The first-order valence-corrected chi connectivity index (χ1v) is 8.47. The molecule has 0 bridgehead atoms. The van der Waals surface area contributed by atoms with Gasteiger partial charge >= 0.3 is 0 Å². The summed E-state index contributed by atoms with van der Waals surface area (Å²) in [4.78, 5) is 14.2. The zero-order valence-electron chi connectivity index (χ0n) is 13.0. The van der Waals surface area contributed by atoms with Crippen LogP contribution in [0.2, 0.25) is 0 Å². The van der Waals surface area contributed by atoms with Crippen LogP contribution in [0.25, 0.3) is 0 Å². The molecule has 1 amide bonds. The van der Waals surface area contributed by atoms with Crippen LogP contribution in [-0.2, 0) is 4.79 Å². The number of likely N-dealkylation sites (tertiary alicyclic amines) is 1. The molecule has 1 saturated carbocycles. The van der Waals surface area contributed by atoms with Crippen LogP contribution in [-0.4, -0.2) is 58.9 Å². The molecular weight excluding hydrogens is 268 g/mol. The minimum atomic E-state index is -0.759. The average molecular weight is 298 g/mol. The summed E-state index contributed by atoms with van der Waals surface area (Å²) in [6.45, 7) is 3.55. The SMILES string of the molecule is O=C(CC1(O)CCCCC1)NCCCN1CCC(O)CC1. The van der Waals surface area contributed by atoms with Crippen LogP contribution in [0.15, 0.2) is 0 Å². The van der Waals surface area contributed by atoms with Crippen molar-refractivity contribution in [1.29, 1.82) is 0 Å². The highest BCUT2D eigenvalue weighted by Crippen LogP contribution is 2.30. The van der Waals surface area contributed by atoms with Crippen LogP contribution in [0.3, 0.4) is 0 Å². The van der Waals surface area contributed by atoms with Crippen molar-refractivity contribution in [2.24, 2.45) is 0 Å². The summed E-state index contributed by atoms with van der Waals surface area (Å²) >= 11 is 0. The molecule has 0 unspecified atom stereocenters. The molecule has 122 valence electrons. The molecule has 0 aromatic carbocycles. The summed E-state index contributed by atoms with van der Waals surface area (Å²) in [5, 5.41) is 22.7. The highest BCUT2D eigenvalue weighted by atomic mass is 16.3. The van der Waals surface area contributed by atoms with Gasteiger partial charge in [0.1, 0.15) is 0 Å². The third kappa shape index (κ3) is 5.93. The monoisotopic (exact) mass is 298 g/mol. The molecule has 1 saturated heterocycles. The van der Waals surface area contributed by atoms with E-state index in [1.165, 1.54) is 6.42 Å². The van der Waals surface area contributed by atoms with E-state index < -0.39 is 5.60 Å². The van der Waals surface area contributed by atoms with E-state index in [9.17, 15) is 15.0 Å². The van der Waals surface area contributed by atoms with Gasteiger partial charge in [-0.25, -0.2) is 0 Å². The van der Waals surface area contributed by atoms with E-state index in [0.29, 0.717) is 6.54 Å². The molecule has 0 radical (unpaired) electrons. The third-order valence-corrected chi connectivity index (χ3v) is 4.80. The number of aliphatic hydroxyl groups is 2. The van der Waals surface area contributed by atoms with Crippen LogP contribution in [0.4, 0.5) is 0 Å². The van der Waals surface area contributed by atoms with Crippen LogP contribution >= 0.6 is 0 Å². The number of hydrogen-bond acceptors (Lipinski definition) is 4. The van der Waals surface area contributed by atoms with E-state index in [4.69, 9.17) is 0 Å². The Morgan fingerprint density at radius 3 is 2.52 bits per heavy atom. The van der Waals surface area contributed by atoms with Gasteiger partial charge in [0, 0.05) is 19.6 Å². The number of aliphatic hydroxyl groups excluding tert-OH is 1. The van der Waals surface area contributed by atoms with Crippen LogP contribution < -0.4 is 5.32 Å². The predicted octanol–water partition coefficient (Wildman–Crippen LogP) is 1.03. The largest absolute Gasteiger partial charge is 0.393 e. The number of carbonyl (C=O) groups is 1. The molecule has 2 aliphatic rings. The van der Waals surface area contributed by atoms with Crippen molar-refractivity contribution in [3.8, 4) is 0 Å². The maximum absolute atomic E-state index is 11.9. The fourth-order valence-electron chi connectivity index (χ4n) is 3.42. The lowest BCUT2D eigenvalue weighted by molar-refractivity contribution is -0.127. The van der Waals surface area contributed by atoms with E-state index >= 15 is 0 Å². The van der Waals surface area contributed by atoms with Gasteiger partial charge in [-0.1, -0.05) is 19.3 Å². The zero-order valence-corrected chi connectivity index (χ0v) is 13.0. The summed E-state index contributed by atoms with van der Waals surface area (Å²) in [7, 11) is 0. The normalized spacial score (nSPS) is 23.9. The second-order valence-corrected chi connectivity index (χ2v) is 6.74. The van der Waals surface area contributed by atoms with Crippen molar-refractivity contribution in [3.63, 3.8) is 0 Å². The van der Waals surface area contributed by atoms with E-state index in [1.54, 1.807) is 0 Å². The Hall–Kier alpha value is -0.650. The minimum Gasteiger partial charge on any atom is -0.393 e. The average Bonchev–Trinajstić information content (AvgIpc) is 2.46. The lowest BCUT2D eigenvalue weighted by Crippen LogP contribution is -2.40. The predicted molar refractivity (Wildman–Crippen MR) is 82.0 cm³/mol. The number of nitrogens with one attached hydrogen (secondary N) is 1. The lowest BCUT2D eigenvalue weighted by atomic mass is 9.82. The van der Waals surface area contributed by atoms with Crippen molar-refractivity contribution >= 4 is 5.91 Å². The fraction of sp³-hybridized carbons (Fsp3) is 0.938. The van der Waals surface area contributed by atoms with E-state index in [2.05, 4.69) is 10.2 Å². The molecule has 5 nitrogen and oxygen atoms in total. The number of nitrogens with zero attached hydrogens (tertiary/aromatic N) is 1. The number of piperidine rings is 1. The van der Waals surface area contributed by atoms with Gasteiger partial charge in [0.05, 0.1) is 18.1 Å². The maximum atomic E-state index is 11.9. The number of hydrogen-bond donors (Lipinski definition) is 3. The van der Waals surface area contributed by atoms with E-state index in [-0.39, 0.29) is 18.4 Å². The Kier molecular flexibility index (Phi) is 6.45. The van der Waals surface area contributed by atoms with Gasteiger partial charge in [0.15, 0.2) is 0 Å². The molecule has 0 spiro atoms. The van der Waals surface area contributed by atoms with E-state index in [0.717, 1.165) is 64.6 Å². The molecule has 1 aliphatic carbocycles. The number of rotatable bonds is 6. The van der Waals surface area contributed by atoms with Crippen molar-refractivity contribution in [1.82, 2.24) is 10.2 Å². The van der Waals surface area contributed by atoms with Crippen LogP contribution in [0.5, 0.6) is 0 Å². The first-order chi connectivity index (χ1) is 10.1. The smallest absolute Gasteiger partial charge is 0.222 e. The Morgan fingerprint density at radius 1 is 1.19 bits per heavy atom. The van der Waals surface area contributed by atoms with Gasteiger partial charge < -0.3 is 20.4 Å². The summed E-state index contributed by atoms with van der Waals surface area (Å²) in [6, 6.07) is 0. The molecule has 0 aromatic heterocycles. The topological polar surface area (TPSA) is 72.8 Å². The Bertz CT molecular complexity index is 321. The molecule has 1 aliphatic heterocycles.